The summed E-state index contributed by atoms with van der Waals surface area (Å²) in [5, 5.41) is 5.54. The first-order chi connectivity index (χ1) is 33.4. The van der Waals surface area contributed by atoms with Gasteiger partial charge in [-0.2, -0.15) is 0 Å². The van der Waals surface area contributed by atoms with E-state index in [4.69, 9.17) is 0 Å². The summed E-state index contributed by atoms with van der Waals surface area (Å²) in [4.78, 5) is 2.79. The molecule has 5 aliphatic rings. The normalized spacial score (nSPS) is 17.9. The van der Waals surface area contributed by atoms with E-state index in [0.29, 0.717) is 0 Å². The molecule has 0 radical (unpaired) electrons. The van der Waals surface area contributed by atoms with Gasteiger partial charge in [0.25, 0.3) is 0 Å². The number of benzene rings is 8. The van der Waals surface area contributed by atoms with Crippen LogP contribution in [0.5, 0.6) is 0 Å². The van der Waals surface area contributed by atoms with Gasteiger partial charge in [-0.3, -0.25) is 0 Å². The lowest BCUT2D eigenvalue weighted by Gasteiger charge is -2.44. The van der Waals surface area contributed by atoms with Gasteiger partial charge in [-0.05, 0) is 155 Å². The molecular formula is C66H59BN2S. The highest BCUT2D eigenvalue weighted by atomic mass is 32.1. The van der Waals surface area contributed by atoms with Crippen LogP contribution in [0.3, 0.4) is 0 Å². The summed E-state index contributed by atoms with van der Waals surface area (Å²) in [5.41, 5.74) is 27.6. The van der Waals surface area contributed by atoms with E-state index in [0.717, 1.165) is 0 Å². The summed E-state index contributed by atoms with van der Waals surface area (Å²) in [7, 11) is 0. The highest BCUT2D eigenvalue weighted by molar-refractivity contribution is 7.26. The van der Waals surface area contributed by atoms with Crippen molar-refractivity contribution < 1.29 is 0 Å². The molecular weight excluding hydrogens is 864 g/mol. The molecule has 4 heterocycles. The first kappa shape index (κ1) is 41.4. The van der Waals surface area contributed by atoms with Crippen molar-refractivity contribution in [3.63, 3.8) is 0 Å². The number of hydrogen-bond donors (Lipinski definition) is 0. The van der Waals surface area contributed by atoms with Crippen molar-refractivity contribution in [2.45, 2.75) is 116 Å². The minimum atomic E-state index is -0.248. The van der Waals surface area contributed by atoms with Crippen LogP contribution in [-0.2, 0) is 27.1 Å². The molecule has 0 atom stereocenters. The fourth-order valence-electron chi connectivity index (χ4n) is 14.7. The molecule has 0 bridgehead atoms. The van der Waals surface area contributed by atoms with Gasteiger partial charge in [0.2, 0.25) is 0 Å². The van der Waals surface area contributed by atoms with Crippen LogP contribution < -0.4 is 15.7 Å². The molecule has 0 saturated heterocycles. The molecule has 4 heteroatoms. The van der Waals surface area contributed by atoms with E-state index in [2.05, 4.69) is 219 Å². The molecule has 2 nitrogen and oxygen atoms in total. The average molecular weight is 923 g/mol. The zero-order valence-electron chi connectivity index (χ0n) is 42.5. The van der Waals surface area contributed by atoms with Gasteiger partial charge >= 0.3 is 6.85 Å². The van der Waals surface area contributed by atoms with Crippen LogP contribution in [0.1, 0.15) is 128 Å². The molecule has 3 aliphatic carbocycles. The second-order valence-corrected chi connectivity index (χ2v) is 26.2. The summed E-state index contributed by atoms with van der Waals surface area (Å²) in [6.07, 6.45) is 2.36. The number of nitrogens with zero attached hydrogens (tertiary/aromatic N) is 2. The highest BCUT2D eigenvalue weighted by Crippen LogP contribution is 2.62. The number of aromatic nitrogens is 1. The van der Waals surface area contributed by atoms with Crippen LogP contribution in [0.25, 0.3) is 81.0 Å². The number of rotatable bonds is 1. The van der Waals surface area contributed by atoms with Gasteiger partial charge in [0.05, 0.1) is 11.0 Å². The smallest absolute Gasteiger partial charge is 0.333 e. The van der Waals surface area contributed by atoms with E-state index in [9.17, 15) is 0 Å². The van der Waals surface area contributed by atoms with Crippen LogP contribution in [0.15, 0.2) is 133 Å². The average Bonchev–Trinajstić information content (AvgIpc) is 4.01. The Hall–Kier alpha value is -6.36. The van der Waals surface area contributed by atoms with Crippen molar-refractivity contribution in [1.82, 2.24) is 4.57 Å². The quantitative estimate of drug-likeness (QED) is 0.149. The number of anilines is 2. The van der Waals surface area contributed by atoms with E-state index >= 15 is 0 Å². The van der Waals surface area contributed by atoms with Gasteiger partial charge in [0, 0.05) is 64.4 Å². The maximum atomic E-state index is 2.79. The van der Waals surface area contributed by atoms with E-state index < -0.39 is 0 Å². The monoisotopic (exact) mass is 922 g/mol. The molecule has 0 fully saturated rings. The second kappa shape index (κ2) is 12.9. The van der Waals surface area contributed by atoms with E-state index in [1.165, 1.54) is 155 Å². The molecule has 15 rings (SSSR count). The number of hydrogen-bond acceptors (Lipinski definition) is 2. The summed E-state index contributed by atoms with van der Waals surface area (Å²) >= 11 is 1.94. The zero-order valence-corrected chi connectivity index (χ0v) is 43.3. The van der Waals surface area contributed by atoms with Crippen LogP contribution in [0.2, 0.25) is 0 Å². The molecule has 0 unspecified atom stereocenters. The molecule has 8 aromatic carbocycles. The lowest BCUT2D eigenvalue weighted by Crippen LogP contribution is -2.60. The molecule has 0 spiro atoms. The van der Waals surface area contributed by atoms with E-state index in [1.807, 2.05) is 11.3 Å². The Morgan fingerprint density at radius 3 is 1.90 bits per heavy atom. The lowest BCUT2D eigenvalue weighted by molar-refractivity contribution is 0.332. The Labute approximate surface area is 417 Å². The molecule has 342 valence electrons. The predicted molar refractivity (Wildman–Crippen MR) is 302 cm³/mol. The van der Waals surface area contributed by atoms with Crippen molar-refractivity contribution in [2.75, 3.05) is 4.81 Å². The Kier molecular flexibility index (Phi) is 7.66. The molecule has 2 aliphatic heterocycles. The summed E-state index contributed by atoms with van der Waals surface area (Å²) in [5.74, 6) is 0. The maximum absolute atomic E-state index is 2.79. The molecule has 10 aromatic rings. The SMILES string of the molecule is CC(C)(C)c1ccc(N2B3c4cc5c(cc4-n4c6cc7c(cc6c6c8c(c(c3c64)-c3cc4c(cc32)-c2ccccc2C4(C)C)-c2ccccc2C8(C)C)C(C)(C)CCC7(C)C)sc2ccccc25)cc1. The number of thiophene rings is 1. The fraction of sp³-hybridized carbons (Fsp3) is 0.273. The topological polar surface area (TPSA) is 8.17 Å². The van der Waals surface area contributed by atoms with E-state index in [1.54, 1.807) is 0 Å². The standard InChI is InChI=1S/C66H59BN2S/c1-62(2,3)36-24-26-37(27-25-36)69-52-33-41-38-18-12-15-21-45(38)65(8,9)47(41)30-44(52)57-56-40-20-13-16-22-46(40)66(10,11)59(56)58-43-31-48-49(64(6,7)29-28-63(48,4)5)34-51(43)68-53-35-55-42(39-19-14-17-23-54(39)70-55)32-50(53)67(69)60(57)61(58)68/h12-27,30-35H,28-29H2,1-11H3. The van der Waals surface area contributed by atoms with Gasteiger partial charge in [0.1, 0.15) is 0 Å². The highest BCUT2D eigenvalue weighted by Gasteiger charge is 2.51. The lowest BCUT2D eigenvalue weighted by atomic mass is 9.43. The van der Waals surface area contributed by atoms with E-state index in [-0.39, 0.29) is 33.9 Å². The van der Waals surface area contributed by atoms with Crippen molar-refractivity contribution in [2.24, 2.45) is 0 Å². The fourth-order valence-corrected chi connectivity index (χ4v) is 15.8. The Bertz CT molecular complexity index is 4050. The predicted octanol–water partition coefficient (Wildman–Crippen LogP) is 16.6. The van der Waals surface area contributed by atoms with Crippen LogP contribution in [0.4, 0.5) is 11.4 Å². The van der Waals surface area contributed by atoms with Gasteiger partial charge < -0.3 is 9.38 Å². The van der Waals surface area contributed by atoms with Crippen LogP contribution in [0, 0.1) is 0 Å². The van der Waals surface area contributed by atoms with Gasteiger partial charge in [-0.1, -0.05) is 161 Å². The molecule has 0 amide bonds. The minimum Gasteiger partial charge on any atom is -0.376 e. The molecule has 2 aromatic heterocycles. The molecule has 0 N–H and O–H groups in total. The van der Waals surface area contributed by atoms with Gasteiger partial charge in [-0.15, -0.1) is 11.3 Å². The summed E-state index contributed by atoms with van der Waals surface area (Å²) in [6, 6.07) is 53.3. The molecule has 0 saturated carbocycles. The third kappa shape index (κ3) is 4.97. The van der Waals surface area contributed by atoms with Gasteiger partial charge in [-0.25, -0.2) is 0 Å². The third-order valence-electron chi connectivity index (χ3n) is 18.5. The Balaban J connectivity index is 1.20. The van der Waals surface area contributed by atoms with Crippen molar-refractivity contribution in [3.8, 4) is 39.1 Å². The van der Waals surface area contributed by atoms with Crippen molar-refractivity contribution in [3.05, 3.63) is 172 Å². The Morgan fingerprint density at radius 1 is 0.514 bits per heavy atom. The van der Waals surface area contributed by atoms with Crippen LogP contribution in [-0.4, -0.2) is 11.4 Å². The Morgan fingerprint density at radius 2 is 1.17 bits per heavy atom. The summed E-state index contributed by atoms with van der Waals surface area (Å²) in [6.45, 7) is 26.8. The minimum absolute atomic E-state index is 0.0280. The van der Waals surface area contributed by atoms with Crippen molar-refractivity contribution in [1.29, 1.82) is 0 Å². The maximum Gasteiger partial charge on any atom is 0.333 e. The first-order valence-electron chi connectivity index (χ1n) is 25.8. The largest absolute Gasteiger partial charge is 0.376 e. The summed E-state index contributed by atoms with van der Waals surface area (Å²) < 4.78 is 5.48. The van der Waals surface area contributed by atoms with Gasteiger partial charge in [0.15, 0.2) is 0 Å². The first-order valence-corrected chi connectivity index (χ1v) is 26.7. The molecule has 70 heavy (non-hydrogen) atoms. The number of fused-ring (bicyclic) bond motifs is 20. The van der Waals surface area contributed by atoms with Crippen LogP contribution >= 0.6 is 11.3 Å². The zero-order chi connectivity index (χ0) is 47.9. The van der Waals surface area contributed by atoms with Crippen molar-refractivity contribution >= 4 is 82.5 Å². The second-order valence-electron chi connectivity index (χ2n) is 25.1. The third-order valence-corrected chi connectivity index (χ3v) is 19.7.